The lowest BCUT2D eigenvalue weighted by Gasteiger charge is -2.37. The largest absolute Gasteiger partial charge is 0.363 e. The Morgan fingerprint density at radius 1 is 1.07 bits per heavy atom. The smallest absolute Gasteiger partial charge is 0.341 e. The highest BCUT2D eigenvalue weighted by Gasteiger charge is 2.70. The van der Waals surface area contributed by atoms with Gasteiger partial charge in [-0.15, -0.1) is 0 Å². The number of ketones is 1. The molecule has 5 amide bonds. The van der Waals surface area contributed by atoms with Crippen molar-refractivity contribution in [2.45, 2.75) is 91.9 Å². The van der Waals surface area contributed by atoms with Crippen LogP contribution in [0, 0.1) is 34.5 Å². The predicted molar refractivity (Wildman–Crippen MR) is 173 cm³/mol. The Balaban J connectivity index is 1.59. The van der Waals surface area contributed by atoms with Gasteiger partial charge < -0.3 is 26.1 Å². The van der Waals surface area contributed by atoms with Gasteiger partial charge in [-0.1, -0.05) is 91.6 Å². The van der Waals surface area contributed by atoms with Gasteiger partial charge in [-0.2, -0.15) is 5.48 Å². The van der Waals surface area contributed by atoms with E-state index in [0.29, 0.717) is 18.7 Å². The molecule has 1 aromatic rings. The first-order valence-electron chi connectivity index (χ1n) is 16.2. The summed E-state index contributed by atoms with van der Waals surface area (Å²) in [5.41, 5.74) is 8.70. The Bertz CT molecular complexity index is 1370. The fourth-order valence-corrected chi connectivity index (χ4v) is 6.84. The summed E-state index contributed by atoms with van der Waals surface area (Å²) in [6, 6.07) is 5.40. The number of benzene rings is 1. The highest BCUT2D eigenvalue weighted by Crippen LogP contribution is 2.65. The van der Waals surface area contributed by atoms with Crippen molar-refractivity contribution in [3.05, 3.63) is 35.9 Å². The molecule has 0 aromatic heterocycles. The molecule has 2 aliphatic carbocycles. The van der Waals surface area contributed by atoms with E-state index in [2.05, 4.69) is 35.0 Å². The van der Waals surface area contributed by atoms with Crippen LogP contribution in [0.3, 0.4) is 0 Å². The average Bonchev–Trinajstić information content (AvgIpc) is 3.83. The molecule has 0 radical (unpaired) electrons. The number of fused-ring (bicyclic) bond motifs is 1. The van der Waals surface area contributed by atoms with Gasteiger partial charge in [-0.25, -0.2) is 9.79 Å². The first-order chi connectivity index (χ1) is 21.5. The Kier molecular flexibility index (Phi) is 10.4. The lowest BCUT2D eigenvalue weighted by Crippen LogP contribution is -2.60. The third-order valence-corrected chi connectivity index (χ3v) is 9.77. The monoisotopic (exact) mass is 638 g/mol. The van der Waals surface area contributed by atoms with Gasteiger partial charge >= 0.3 is 6.03 Å². The fourth-order valence-electron chi connectivity index (χ4n) is 6.84. The lowest BCUT2D eigenvalue weighted by molar-refractivity contribution is -0.145. The van der Waals surface area contributed by atoms with Crippen LogP contribution in [0.4, 0.5) is 4.79 Å². The van der Waals surface area contributed by atoms with E-state index in [1.54, 1.807) is 0 Å². The number of likely N-dealkylation sites (tertiary alicyclic amines) is 1. The van der Waals surface area contributed by atoms with Crippen LogP contribution in [0.1, 0.15) is 79.3 Å². The van der Waals surface area contributed by atoms with Crippen molar-refractivity contribution in [3.8, 4) is 0 Å². The summed E-state index contributed by atoms with van der Waals surface area (Å²) in [4.78, 5) is 77.4. The number of rotatable bonds is 13. The molecule has 3 fully saturated rings. The van der Waals surface area contributed by atoms with Crippen LogP contribution in [-0.4, -0.2) is 71.9 Å². The molecule has 4 rings (SSSR count). The van der Waals surface area contributed by atoms with Crippen LogP contribution >= 0.6 is 0 Å². The van der Waals surface area contributed by atoms with Crippen LogP contribution in [-0.2, 0) is 24.0 Å². The predicted octanol–water partition coefficient (Wildman–Crippen LogP) is 2.92. The van der Waals surface area contributed by atoms with E-state index in [0.717, 1.165) is 18.4 Å². The summed E-state index contributed by atoms with van der Waals surface area (Å²) < 4.78 is 0. The molecule has 1 saturated heterocycles. The SMILES string of the molecule is CONC(C(=NC(=O)N[C@H](C(=O)N1C[C@H]2[C@@H]([C@H]1C(=O)NC(CC1CC1)C(=O)C(N)=O)C2(C)C)C(C)(C)C)C(C)C)c1ccccc1. The molecule has 0 spiro atoms. The van der Waals surface area contributed by atoms with Crippen molar-refractivity contribution >= 4 is 35.2 Å². The Morgan fingerprint density at radius 2 is 1.70 bits per heavy atom. The number of amides is 5. The van der Waals surface area contributed by atoms with Crippen LogP contribution < -0.4 is 21.8 Å². The first kappa shape index (κ1) is 35.2. The number of primary amides is 1. The molecule has 1 aliphatic heterocycles. The third kappa shape index (κ3) is 7.66. The molecule has 3 aliphatic rings. The number of Topliss-reactive ketones (excluding diaryl/α,β-unsaturated/α-hetero) is 1. The number of nitrogens with zero attached hydrogens (tertiary/aromatic N) is 2. The molecule has 6 atom stereocenters. The number of carbonyl (C=O) groups excluding carboxylic acids is 5. The van der Waals surface area contributed by atoms with E-state index in [9.17, 15) is 24.0 Å². The van der Waals surface area contributed by atoms with Crippen molar-refractivity contribution in [3.63, 3.8) is 0 Å². The highest BCUT2D eigenvalue weighted by molar-refractivity contribution is 6.37. The molecular formula is C34H50N6O6. The van der Waals surface area contributed by atoms with Crippen LogP contribution in [0.5, 0.6) is 0 Å². The molecule has 0 bridgehead atoms. The van der Waals surface area contributed by atoms with Gasteiger partial charge in [0.2, 0.25) is 17.6 Å². The van der Waals surface area contributed by atoms with Gasteiger partial charge in [0, 0.05) is 12.3 Å². The molecular weight excluding hydrogens is 588 g/mol. The second-order valence-corrected chi connectivity index (χ2v) is 15.0. The Hall–Kier alpha value is -3.64. The lowest BCUT2D eigenvalue weighted by atomic mass is 9.85. The summed E-state index contributed by atoms with van der Waals surface area (Å²) in [5, 5.41) is 5.63. The number of aliphatic imine (C=N–C) groups is 1. The molecule has 12 heteroatoms. The number of hydrogen-bond donors (Lipinski definition) is 4. The minimum absolute atomic E-state index is 0.0783. The van der Waals surface area contributed by atoms with Crippen molar-refractivity contribution in [1.82, 2.24) is 21.0 Å². The normalized spacial score (nSPS) is 24.1. The Labute approximate surface area is 271 Å². The summed E-state index contributed by atoms with van der Waals surface area (Å²) in [6.07, 6.45) is 2.18. The molecule has 1 aromatic carbocycles. The zero-order valence-corrected chi connectivity index (χ0v) is 28.3. The quantitative estimate of drug-likeness (QED) is 0.146. The van der Waals surface area contributed by atoms with E-state index in [-0.39, 0.29) is 29.1 Å². The molecule has 12 nitrogen and oxygen atoms in total. The number of nitrogens with two attached hydrogens (primary N) is 1. The number of carbonyl (C=O) groups is 5. The average molecular weight is 639 g/mol. The number of piperidine rings is 1. The summed E-state index contributed by atoms with van der Waals surface area (Å²) in [6.45, 7) is 13.8. The van der Waals surface area contributed by atoms with Crippen molar-refractivity contribution in [1.29, 1.82) is 0 Å². The molecule has 252 valence electrons. The number of nitrogens with one attached hydrogen (secondary N) is 3. The van der Waals surface area contributed by atoms with Gasteiger partial charge in [0.05, 0.1) is 19.2 Å². The van der Waals surface area contributed by atoms with Crippen molar-refractivity contribution in [2.24, 2.45) is 45.2 Å². The topological polar surface area (TPSA) is 172 Å². The molecule has 1 heterocycles. The second kappa shape index (κ2) is 13.6. The molecule has 2 saturated carbocycles. The first-order valence-corrected chi connectivity index (χ1v) is 16.2. The number of hydroxylamine groups is 1. The van der Waals surface area contributed by atoms with Gasteiger partial charge in [-0.3, -0.25) is 19.2 Å². The van der Waals surface area contributed by atoms with E-state index in [1.807, 2.05) is 65.0 Å². The highest BCUT2D eigenvalue weighted by atomic mass is 16.6. The molecule has 5 N–H and O–H groups in total. The van der Waals surface area contributed by atoms with Crippen LogP contribution in [0.2, 0.25) is 0 Å². The minimum atomic E-state index is -1.10. The van der Waals surface area contributed by atoms with Crippen molar-refractivity contribution in [2.75, 3.05) is 13.7 Å². The zero-order chi connectivity index (χ0) is 34.1. The van der Waals surface area contributed by atoms with E-state index < -0.39 is 59.1 Å². The van der Waals surface area contributed by atoms with Gasteiger partial charge in [0.25, 0.3) is 5.91 Å². The fraction of sp³-hybridized carbons (Fsp3) is 0.647. The third-order valence-electron chi connectivity index (χ3n) is 9.77. The number of urea groups is 1. The van der Waals surface area contributed by atoms with Gasteiger partial charge in [0.1, 0.15) is 12.1 Å². The molecule has 46 heavy (non-hydrogen) atoms. The maximum Gasteiger partial charge on any atom is 0.341 e. The maximum atomic E-state index is 14.3. The minimum Gasteiger partial charge on any atom is -0.363 e. The second-order valence-electron chi connectivity index (χ2n) is 15.0. The van der Waals surface area contributed by atoms with Gasteiger partial charge in [0.15, 0.2) is 0 Å². The zero-order valence-electron chi connectivity index (χ0n) is 28.3. The van der Waals surface area contributed by atoms with Crippen LogP contribution in [0.15, 0.2) is 35.3 Å². The van der Waals surface area contributed by atoms with E-state index in [4.69, 9.17) is 10.6 Å². The summed E-state index contributed by atoms with van der Waals surface area (Å²) in [7, 11) is 1.49. The summed E-state index contributed by atoms with van der Waals surface area (Å²) in [5.74, 6) is -2.76. The number of hydrogen-bond acceptors (Lipinski definition) is 7. The maximum absolute atomic E-state index is 14.3. The van der Waals surface area contributed by atoms with E-state index in [1.165, 1.54) is 12.0 Å². The summed E-state index contributed by atoms with van der Waals surface area (Å²) >= 11 is 0. The Morgan fingerprint density at radius 3 is 2.22 bits per heavy atom. The molecule has 2 unspecified atom stereocenters. The van der Waals surface area contributed by atoms with Crippen molar-refractivity contribution < 1.29 is 28.8 Å². The standard InChI is InChI=1S/C34H50N6O6/c1-18(2)24(25(39-46-8)20-12-10-9-11-13-20)37-32(45)38-28(33(3,4)5)31(44)40-17-21-23(34(21,6)7)26(40)30(43)36-22(16-19-14-15-19)27(41)29(35)42/h9-13,18-19,21-23,25-26,28,39H,14-17H2,1-8H3,(H2,35,42)(H,36,43)(H,38,45)/t21-,22?,23-,25?,26-,28+/m0/s1. The van der Waals surface area contributed by atoms with Gasteiger partial charge in [-0.05, 0) is 46.5 Å². The van der Waals surface area contributed by atoms with Crippen LogP contribution in [0.25, 0.3) is 0 Å². The van der Waals surface area contributed by atoms with E-state index >= 15 is 0 Å².